The fourth-order valence-corrected chi connectivity index (χ4v) is 7.83. The molecule has 0 N–H and O–H groups in total. The largest absolute Gasteiger partial charge is 0.463 e. The standard InChI is InChI=1S/C53H102O5/c1-4-7-10-13-16-19-22-25-26-27-30-33-36-39-42-45-48-56-51(49-57-52(54)46-43-40-37-34-31-28-23-20-17-14-11-8-5-2)50-58-53(55)47-44-41-38-35-32-29-24-21-18-15-12-9-6-3/h20,23,51H,4-19,21-22,24-50H2,1-3H3/b23-20-/t51-/m1/s1. The van der Waals surface area contributed by atoms with Gasteiger partial charge in [-0.1, -0.05) is 245 Å². The molecular formula is C53H102O5. The van der Waals surface area contributed by atoms with E-state index in [1.54, 1.807) is 0 Å². The SMILES string of the molecule is CCCCCC/C=C\CCCCCCCC(=O)OC[C@H](COC(=O)CCCCCCCCCCCCCCC)OCCCCCCCCCCCCCCCCCC. The van der Waals surface area contributed by atoms with Crippen LogP contribution in [0.15, 0.2) is 12.2 Å². The Balaban J connectivity index is 4.21. The summed E-state index contributed by atoms with van der Waals surface area (Å²) >= 11 is 0. The van der Waals surface area contributed by atoms with Gasteiger partial charge in [-0.05, 0) is 44.9 Å². The zero-order valence-corrected chi connectivity index (χ0v) is 39.6. The summed E-state index contributed by atoms with van der Waals surface area (Å²) in [7, 11) is 0. The molecule has 5 heteroatoms. The second-order valence-corrected chi connectivity index (χ2v) is 17.8. The van der Waals surface area contributed by atoms with E-state index in [0.717, 1.165) is 44.9 Å². The van der Waals surface area contributed by atoms with Gasteiger partial charge in [0.1, 0.15) is 19.3 Å². The van der Waals surface area contributed by atoms with Crippen LogP contribution < -0.4 is 0 Å². The normalized spacial score (nSPS) is 12.1. The van der Waals surface area contributed by atoms with Gasteiger partial charge in [0, 0.05) is 19.4 Å². The lowest BCUT2D eigenvalue weighted by Crippen LogP contribution is -2.29. The molecule has 0 unspecified atom stereocenters. The van der Waals surface area contributed by atoms with Crippen LogP contribution in [0.3, 0.4) is 0 Å². The highest BCUT2D eigenvalue weighted by molar-refractivity contribution is 5.69. The highest BCUT2D eigenvalue weighted by Crippen LogP contribution is 2.16. The van der Waals surface area contributed by atoms with Gasteiger partial charge in [0.25, 0.3) is 0 Å². The van der Waals surface area contributed by atoms with Crippen molar-refractivity contribution in [3.63, 3.8) is 0 Å². The summed E-state index contributed by atoms with van der Waals surface area (Å²) in [5.74, 6) is -0.326. The maximum atomic E-state index is 12.6. The number of hydrogen-bond acceptors (Lipinski definition) is 5. The lowest BCUT2D eigenvalue weighted by molar-refractivity contribution is -0.155. The summed E-state index contributed by atoms with van der Waals surface area (Å²) in [4.78, 5) is 25.2. The van der Waals surface area contributed by atoms with Gasteiger partial charge in [0.2, 0.25) is 0 Å². The van der Waals surface area contributed by atoms with Crippen LogP contribution in [-0.4, -0.2) is 37.9 Å². The molecule has 0 rings (SSSR count). The van der Waals surface area contributed by atoms with E-state index in [0.29, 0.717) is 19.4 Å². The number of unbranched alkanes of at least 4 members (excludes halogenated alkanes) is 36. The van der Waals surface area contributed by atoms with Crippen molar-refractivity contribution in [1.29, 1.82) is 0 Å². The number of esters is 2. The number of carbonyl (C=O) groups excluding carboxylic acids is 2. The molecule has 0 heterocycles. The summed E-state index contributed by atoms with van der Waals surface area (Å²) < 4.78 is 17.4. The average molecular weight is 819 g/mol. The highest BCUT2D eigenvalue weighted by Gasteiger charge is 2.16. The molecule has 0 amide bonds. The lowest BCUT2D eigenvalue weighted by atomic mass is 10.0. The van der Waals surface area contributed by atoms with Crippen LogP contribution in [0.25, 0.3) is 0 Å². The molecule has 0 fully saturated rings. The van der Waals surface area contributed by atoms with E-state index in [1.165, 1.54) is 212 Å². The Morgan fingerprint density at radius 3 is 0.931 bits per heavy atom. The van der Waals surface area contributed by atoms with E-state index < -0.39 is 6.10 Å². The minimum Gasteiger partial charge on any atom is -0.463 e. The Kier molecular flexibility index (Phi) is 48.8. The minimum absolute atomic E-state index is 0.159. The van der Waals surface area contributed by atoms with Gasteiger partial charge in [-0.3, -0.25) is 9.59 Å². The van der Waals surface area contributed by atoms with Crippen LogP contribution in [0, 0.1) is 0 Å². The van der Waals surface area contributed by atoms with Crippen molar-refractivity contribution in [1.82, 2.24) is 0 Å². The first-order valence-corrected chi connectivity index (χ1v) is 26.2. The molecule has 0 aromatic heterocycles. The van der Waals surface area contributed by atoms with E-state index >= 15 is 0 Å². The highest BCUT2D eigenvalue weighted by atomic mass is 16.6. The van der Waals surface area contributed by atoms with E-state index in [-0.39, 0.29) is 25.2 Å². The smallest absolute Gasteiger partial charge is 0.305 e. The van der Waals surface area contributed by atoms with Gasteiger partial charge in [-0.15, -0.1) is 0 Å². The summed E-state index contributed by atoms with van der Waals surface area (Å²) in [6.07, 6.45) is 56.6. The fourth-order valence-electron chi connectivity index (χ4n) is 7.83. The molecule has 0 saturated heterocycles. The number of hydrogen-bond donors (Lipinski definition) is 0. The molecule has 5 nitrogen and oxygen atoms in total. The molecule has 1 atom stereocenters. The summed E-state index contributed by atoms with van der Waals surface area (Å²) in [5, 5.41) is 0. The molecular weight excluding hydrogens is 717 g/mol. The predicted molar refractivity (Wildman–Crippen MR) is 252 cm³/mol. The molecule has 0 radical (unpaired) electrons. The van der Waals surface area contributed by atoms with Crippen LogP contribution in [0.1, 0.15) is 290 Å². The van der Waals surface area contributed by atoms with Gasteiger partial charge in [0.15, 0.2) is 0 Å². The van der Waals surface area contributed by atoms with Crippen molar-refractivity contribution in [2.24, 2.45) is 0 Å². The third kappa shape index (κ3) is 47.3. The molecule has 0 aliphatic rings. The number of allylic oxidation sites excluding steroid dienone is 2. The molecule has 344 valence electrons. The lowest BCUT2D eigenvalue weighted by Gasteiger charge is -2.18. The summed E-state index contributed by atoms with van der Waals surface area (Å²) in [6.45, 7) is 7.76. The van der Waals surface area contributed by atoms with Crippen molar-refractivity contribution < 1.29 is 23.8 Å². The van der Waals surface area contributed by atoms with Crippen LogP contribution in [0.2, 0.25) is 0 Å². The van der Waals surface area contributed by atoms with Gasteiger partial charge in [0.05, 0.1) is 0 Å². The number of carbonyl (C=O) groups is 2. The first kappa shape index (κ1) is 56.6. The van der Waals surface area contributed by atoms with Crippen molar-refractivity contribution in [2.75, 3.05) is 19.8 Å². The van der Waals surface area contributed by atoms with E-state index in [9.17, 15) is 9.59 Å². The number of rotatable bonds is 49. The van der Waals surface area contributed by atoms with Crippen LogP contribution >= 0.6 is 0 Å². The van der Waals surface area contributed by atoms with Crippen molar-refractivity contribution >= 4 is 11.9 Å². The molecule has 0 aromatic carbocycles. The molecule has 0 spiro atoms. The summed E-state index contributed by atoms with van der Waals surface area (Å²) in [6, 6.07) is 0. The van der Waals surface area contributed by atoms with Crippen molar-refractivity contribution in [3.05, 3.63) is 12.2 Å². The molecule has 0 saturated carbocycles. The second kappa shape index (κ2) is 50.0. The maximum absolute atomic E-state index is 12.6. The van der Waals surface area contributed by atoms with Gasteiger partial charge >= 0.3 is 11.9 Å². The van der Waals surface area contributed by atoms with Gasteiger partial charge in [-0.2, -0.15) is 0 Å². The van der Waals surface area contributed by atoms with E-state index in [1.807, 2.05) is 0 Å². The monoisotopic (exact) mass is 819 g/mol. The third-order valence-electron chi connectivity index (χ3n) is 11.8. The van der Waals surface area contributed by atoms with Gasteiger partial charge < -0.3 is 14.2 Å². The zero-order chi connectivity index (χ0) is 42.1. The first-order valence-electron chi connectivity index (χ1n) is 26.2. The zero-order valence-electron chi connectivity index (χ0n) is 39.6. The Morgan fingerprint density at radius 2 is 0.603 bits per heavy atom. The van der Waals surface area contributed by atoms with Crippen LogP contribution in [0.5, 0.6) is 0 Å². The van der Waals surface area contributed by atoms with Gasteiger partial charge in [-0.25, -0.2) is 0 Å². The Morgan fingerprint density at radius 1 is 0.345 bits per heavy atom. The first-order chi connectivity index (χ1) is 28.6. The molecule has 0 aliphatic carbocycles. The summed E-state index contributed by atoms with van der Waals surface area (Å²) in [5.41, 5.74) is 0. The quantitative estimate of drug-likeness (QED) is 0.0348. The molecule has 0 aromatic rings. The second-order valence-electron chi connectivity index (χ2n) is 17.8. The number of ether oxygens (including phenoxy) is 3. The molecule has 58 heavy (non-hydrogen) atoms. The topological polar surface area (TPSA) is 61.8 Å². The van der Waals surface area contributed by atoms with Crippen LogP contribution in [-0.2, 0) is 23.8 Å². The third-order valence-corrected chi connectivity index (χ3v) is 11.8. The molecule has 0 aliphatic heterocycles. The maximum Gasteiger partial charge on any atom is 0.305 e. The van der Waals surface area contributed by atoms with Crippen molar-refractivity contribution in [2.45, 2.75) is 297 Å². The average Bonchev–Trinajstić information content (AvgIpc) is 3.23. The molecule has 0 bridgehead atoms. The Labute approximate surface area is 363 Å². The predicted octanol–water partition coefficient (Wildman–Crippen LogP) is 17.5. The Bertz CT molecular complexity index is 840. The van der Waals surface area contributed by atoms with Crippen LogP contribution in [0.4, 0.5) is 0 Å². The fraction of sp³-hybridized carbons (Fsp3) is 0.925. The Hall–Kier alpha value is -1.36. The minimum atomic E-state index is -0.393. The van der Waals surface area contributed by atoms with E-state index in [4.69, 9.17) is 14.2 Å². The van der Waals surface area contributed by atoms with Crippen molar-refractivity contribution in [3.8, 4) is 0 Å². The van der Waals surface area contributed by atoms with E-state index in [2.05, 4.69) is 32.9 Å².